The van der Waals surface area contributed by atoms with Crippen molar-refractivity contribution < 1.29 is 19.7 Å². The van der Waals surface area contributed by atoms with Crippen LogP contribution in [0.3, 0.4) is 0 Å². The Morgan fingerprint density at radius 3 is 2.82 bits per heavy atom. The van der Waals surface area contributed by atoms with Crippen molar-refractivity contribution in [2.45, 2.75) is 44.1 Å². The molecule has 0 spiro atoms. The summed E-state index contributed by atoms with van der Waals surface area (Å²) in [6.07, 6.45) is 2.11. The van der Waals surface area contributed by atoms with Crippen LogP contribution in [0.5, 0.6) is 0 Å². The number of amides is 1. The zero-order valence-electron chi connectivity index (χ0n) is 15.5. The van der Waals surface area contributed by atoms with Gasteiger partial charge < -0.3 is 20.3 Å². The van der Waals surface area contributed by atoms with E-state index in [2.05, 4.69) is 10.3 Å². The average Bonchev–Trinajstić information content (AvgIpc) is 2.86. The summed E-state index contributed by atoms with van der Waals surface area (Å²) in [7, 11) is 0. The van der Waals surface area contributed by atoms with Gasteiger partial charge in [0.2, 0.25) is 0 Å². The first-order valence-corrected chi connectivity index (χ1v) is 9.38. The van der Waals surface area contributed by atoms with E-state index in [1.807, 2.05) is 6.07 Å². The van der Waals surface area contributed by atoms with Gasteiger partial charge in [-0.2, -0.15) is 4.98 Å². The highest BCUT2D eigenvalue weighted by molar-refractivity contribution is 6.03. The highest BCUT2D eigenvalue weighted by Gasteiger charge is 2.57. The summed E-state index contributed by atoms with van der Waals surface area (Å²) in [6, 6.07) is 8.67. The second-order valence-corrected chi connectivity index (χ2v) is 7.51. The van der Waals surface area contributed by atoms with Crippen molar-refractivity contribution in [1.29, 1.82) is 0 Å². The molecule has 1 aromatic carbocycles. The van der Waals surface area contributed by atoms with Crippen LogP contribution >= 0.6 is 0 Å². The first-order valence-electron chi connectivity index (χ1n) is 9.38. The van der Waals surface area contributed by atoms with Gasteiger partial charge in [-0.1, -0.05) is 18.2 Å². The van der Waals surface area contributed by atoms with E-state index in [4.69, 9.17) is 4.74 Å². The normalized spacial score (nSPS) is 28.9. The largest absolute Gasteiger partial charge is 0.393 e. The third kappa shape index (κ3) is 3.03. The molecule has 1 aliphatic carbocycles. The van der Waals surface area contributed by atoms with Crippen LogP contribution < -0.4 is 11.0 Å². The van der Waals surface area contributed by atoms with E-state index >= 15 is 0 Å². The Morgan fingerprint density at radius 2 is 2.14 bits per heavy atom. The minimum Gasteiger partial charge on any atom is -0.393 e. The minimum atomic E-state index is -1.03. The summed E-state index contributed by atoms with van der Waals surface area (Å²) in [5, 5.41) is 23.0. The molecular weight excluding hydrogens is 362 g/mol. The molecule has 3 N–H and O–H groups in total. The molecule has 0 unspecified atom stereocenters. The Morgan fingerprint density at radius 1 is 1.39 bits per heavy atom. The molecule has 148 valence electrons. The van der Waals surface area contributed by atoms with Gasteiger partial charge in [0.05, 0.1) is 12.7 Å². The number of nitrogens with one attached hydrogen (secondary N) is 1. The van der Waals surface area contributed by atoms with Gasteiger partial charge in [0.15, 0.2) is 0 Å². The molecule has 4 rings (SSSR count). The Balaban J connectivity index is 1.62. The number of aliphatic hydroxyl groups is 2. The number of carbonyl (C=O) groups excluding carboxylic acids is 1. The molecule has 28 heavy (non-hydrogen) atoms. The average molecular weight is 385 g/mol. The zero-order chi connectivity index (χ0) is 19.9. The number of nitrogens with zero attached hydrogens (tertiary/aromatic N) is 2. The van der Waals surface area contributed by atoms with Gasteiger partial charge in [0.1, 0.15) is 17.6 Å². The molecule has 1 amide bonds. The first-order chi connectivity index (χ1) is 13.4. The molecule has 0 radical (unpaired) electrons. The number of benzene rings is 1. The lowest BCUT2D eigenvalue weighted by Crippen LogP contribution is -2.47. The minimum absolute atomic E-state index is 0.188. The Bertz CT molecular complexity index is 945. The third-order valence-electron chi connectivity index (χ3n) is 5.75. The molecule has 2 heterocycles. The van der Waals surface area contributed by atoms with Gasteiger partial charge in [-0.25, -0.2) is 4.79 Å². The van der Waals surface area contributed by atoms with E-state index in [9.17, 15) is 19.8 Å². The van der Waals surface area contributed by atoms with Gasteiger partial charge in [-0.05, 0) is 38.3 Å². The zero-order valence-corrected chi connectivity index (χ0v) is 15.5. The number of aromatic nitrogens is 2. The lowest BCUT2D eigenvalue weighted by molar-refractivity contribution is -0.132. The monoisotopic (exact) mass is 385 g/mol. The number of aliphatic hydroxyl groups excluding tert-OH is 2. The van der Waals surface area contributed by atoms with Crippen molar-refractivity contribution in [1.82, 2.24) is 9.55 Å². The maximum absolute atomic E-state index is 12.7. The Kier molecular flexibility index (Phi) is 4.78. The van der Waals surface area contributed by atoms with Gasteiger partial charge in [-0.15, -0.1) is 0 Å². The van der Waals surface area contributed by atoms with Crippen LogP contribution in [-0.2, 0) is 4.74 Å². The van der Waals surface area contributed by atoms with E-state index in [0.717, 1.165) is 6.42 Å². The highest BCUT2D eigenvalue weighted by Crippen LogP contribution is 2.49. The van der Waals surface area contributed by atoms with Crippen molar-refractivity contribution in [2.24, 2.45) is 5.92 Å². The molecule has 1 saturated carbocycles. The van der Waals surface area contributed by atoms with Gasteiger partial charge in [0, 0.05) is 23.2 Å². The Hall–Kier alpha value is -2.55. The van der Waals surface area contributed by atoms with Gasteiger partial charge in [0.25, 0.3) is 5.91 Å². The predicted molar refractivity (Wildman–Crippen MR) is 101 cm³/mol. The first kappa shape index (κ1) is 18.8. The molecule has 2 fully saturated rings. The van der Waals surface area contributed by atoms with E-state index in [1.54, 1.807) is 37.4 Å². The van der Waals surface area contributed by atoms with Crippen LogP contribution in [0.2, 0.25) is 0 Å². The summed E-state index contributed by atoms with van der Waals surface area (Å²) in [6.45, 7) is 1.44. The van der Waals surface area contributed by atoms with Crippen molar-refractivity contribution >= 4 is 11.7 Å². The second-order valence-electron chi connectivity index (χ2n) is 7.51. The summed E-state index contributed by atoms with van der Waals surface area (Å²) < 4.78 is 7.33. The SMILES string of the molecule is Cc1cn([C@@H]2O[C@@]3(CO)CCC[C@@H]2[C@@H]3O)c(=O)nc1NC(=O)c1ccccc1. The molecule has 1 saturated heterocycles. The number of anilines is 1. The van der Waals surface area contributed by atoms with Crippen molar-refractivity contribution in [3.8, 4) is 0 Å². The van der Waals surface area contributed by atoms with Crippen LogP contribution in [0.1, 0.15) is 41.4 Å². The molecular formula is C20H23N3O5. The van der Waals surface area contributed by atoms with Crippen molar-refractivity contribution in [3.05, 3.63) is 58.1 Å². The topological polar surface area (TPSA) is 114 Å². The predicted octanol–water partition coefficient (Wildman–Crippen LogP) is 1.22. The summed E-state index contributed by atoms with van der Waals surface area (Å²) >= 11 is 0. The number of rotatable bonds is 4. The van der Waals surface area contributed by atoms with Crippen LogP contribution in [-0.4, -0.2) is 44.0 Å². The fourth-order valence-electron chi connectivity index (χ4n) is 4.21. The summed E-state index contributed by atoms with van der Waals surface area (Å²) in [5.41, 5.74) is -0.539. The van der Waals surface area contributed by atoms with Crippen LogP contribution in [0.15, 0.2) is 41.3 Å². The van der Waals surface area contributed by atoms with E-state index in [0.29, 0.717) is 24.0 Å². The molecule has 8 heteroatoms. The number of aryl methyl sites for hydroxylation is 1. The maximum atomic E-state index is 12.7. The lowest BCUT2D eigenvalue weighted by atomic mass is 9.78. The molecule has 4 atom stereocenters. The quantitative estimate of drug-likeness (QED) is 0.729. The van der Waals surface area contributed by atoms with Gasteiger partial charge in [-0.3, -0.25) is 9.36 Å². The van der Waals surface area contributed by atoms with Gasteiger partial charge >= 0.3 is 5.69 Å². The van der Waals surface area contributed by atoms with E-state index in [1.165, 1.54) is 4.57 Å². The third-order valence-corrected chi connectivity index (χ3v) is 5.75. The molecule has 2 bridgehead atoms. The fourth-order valence-corrected chi connectivity index (χ4v) is 4.21. The number of fused-ring (bicyclic) bond motifs is 2. The van der Waals surface area contributed by atoms with Crippen LogP contribution in [0, 0.1) is 12.8 Å². The highest BCUT2D eigenvalue weighted by atomic mass is 16.6. The van der Waals surface area contributed by atoms with Crippen LogP contribution in [0.25, 0.3) is 0 Å². The van der Waals surface area contributed by atoms with Crippen molar-refractivity contribution in [2.75, 3.05) is 11.9 Å². The fraction of sp³-hybridized carbons (Fsp3) is 0.450. The number of hydrogen-bond donors (Lipinski definition) is 3. The molecule has 1 aliphatic heterocycles. The number of ether oxygens (including phenoxy) is 1. The Labute approximate surface area is 161 Å². The van der Waals surface area contributed by atoms with E-state index in [-0.39, 0.29) is 24.2 Å². The molecule has 2 aromatic rings. The summed E-state index contributed by atoms with van der Waals surface area (Å²) in [5.74, 6) is -0.450. The number of carbonyl (C=O) groups is 1. The summed E-state index contributed by atoms with van der Waals surface area (Å²) in [4.78, 5) is 29.0. The smallest absolute Gasteiger partial charge is 0.351 e. The standard InChI is InChI=1S/C20H23N3O5/c1-12-10-23(18-14-8-5-9-20(11-24,28-18)15(14)25)19(27)22-16(12)21-17(26)13-6-3-2-4-7-13/h2-4,6-7,10,14-15,18,24-25H,5,8-9,11H2,1H3,(H,21,22,26,27)/t14-,15+,18-,20-/m1/s1. The van der Waals surface area contributed by atoms with E-state index < -0.39 is 23.6 Å². The maximum Gasteiger partial charge on any atom is 0.351 e. The van der Waals surface area contributed by atoms with Crippen LogP contribution in [0.4, 0.5) is 5.82 Å². The van der Waals surface area contributed by atoms with Crippen molar-refractivity contribution in [3.63, 3.8) is 0 Å². The molecule has 2 aliphatic rings. The molecule has 8 nitrogen and oxygen atoms in total. The lowest BCUT2D eigenvalue weighted by Gasteiger charge is -2.33. The molecule has 1 aromatic heterocycles. The number of hydrogen-bond acceptors (Lipinski definition) is 6. The second kappa shape index (κ2) is 7.12.